The van der Waals surface area contributed by atoms with E-state index in [1.54, 1.807) is 20.0 Å². The molecule has 0 amide bonds. The van der Waals surface area contributed by atoms with Crippen molar-refractivity contribution in [3.05, 3.63) is 11.6 Å². The maximum absolute atomic E-state index is 11.2. The molecule has 5 heteroatoms. The molecular formula is C10H14N2O2S. The molecule has 1 heterocycles. The number of carboxylic acid groups (broad SMARTS) is 1. The van der Waals surface area contributed by atoms with Crippen LogP contribution in [0.1, 0.15) is 26.7 Å². The Balaban J connectivity index is 2.31. The molecule has 0 bridgehead atoms. The van der Waals surface area contributed by atoms with Crippen molar-refractivity contribution in [1.29, 1.82) is 0 Å². The van der Waals surface area contributed by atoms with Crippen LogP contribution in [-0.4, -0.2) is 27.6 Å². The number of nitrogens with zero attached hydrogens (tertiary/aromatic N) is 2. The van der Waals surface area contributed by atoms with Crippen LogP contribution >= 0.6 is 11.3 Å². The standard InChI is InChI=1S/C10H14N2O2S/c1-10(2,8(13)14)12(7-3-4-7)9-11-5-6-15-9/h5-7H,3-4H2,1-2H3,(H,13,14). The normalized spacial score (nSPS) is 16.4. The van der Waals surface area contributed by atoms with Crippen molar-refractivity contribution in [3.63, 3.8) is 0 Å². The first-order valence-corrected chi connectivity index (χ1v) is 5.83. The van der Waals surface area contributed by atoms with Crippen molar-refractivity contribution in [1.82, 2.24) is 4.98 Å². The summed E-state index contributed by atoms with van der Waals surface area (Å²) in [6, 6.07) is 0.349. The number of hydrogen-bond donors (Lipinski definition) is 1. The molecule has 0 aliphatic heterocycles. The first kappa shape index (κ1) is 10.4. The van der Waals surface area contributed by atoms with Crippen LogP contribution in [0.5, 0.6) is 0 Å². The molecule has 1 aliphatic carbocycles. The van der Waals surface area contributed by atoms with E-state index in [1.165, 1.54) is 11.3 Å². The van der Waals surface area contributed by atoms with E-state index in [2.05, 4.69) is 4.98 Å². The molecule has 15 heavy (non-hydrogen) atoms. The van der Waals surface area contributed by atoms with Crippen molar-refractivity contribution >= 4 is 22.4 Å². The molecule has 1 N–H and O–H groups in total. The van der Waals surface area contributed by atoms with Gasteiger partial charge in [-0.1, -0.05) is 0 Å². The molecule has 1 fully saturated rings. The Morgan fingerprint density at radius 1 is 1.67 bits per heavy atom. The number of carboxylic acids is 1. The minimum atomic E-state index is -0.876. The zero-order valence-electron chi connectivity index (χ0n) is 8.80. The van der Waals surface area contributed by atoms with Gasteiger partial charge >= 0.3 is 5.97 Å². The van der Waals surface area contributed by atoms with Crippen molar-refractivity contribution in [2.24, 2.45) is 0 Å². The Bertz CT molecular complexity index is 358. The number of rotatable bonds is 4. The van der Waals surface area contributed by atoms with Crippen LogP contribution in [0, 0.1) is 0 Å². The van der Waals surface area contributed by atoms with Gasteiger partial charge in [0.15, 0.2) is 5.13 Å². The van der Waals surface area contributed by atoms with Gasteiger partial charge in [-0.05, 0) is 26.7 Å². The molecule has 0 saturated heterocycles. The van der Waals surface area contributed by atoms with Gasteiger partial charge in [-0.3, -0.25) is 0 Å². The lowest BCUT2D eigenvalue weighted by atomic mass is 10.0. The summed E-state index contributed by atoms with van der Waals surface area (Å²) in [5, 5.41) is 11.9. The van der Waals surface area contributed by atoms with E-state index in [4.69, 9.17) is 0 Å². The maximum atomic E-state index is 11.2. The summed E-state index contributed by atoms with van der Waals surface area (Å²) in [6.45, 7) is 3.46. The number of aromatic nitrogens is 1. The Morgan fingerprint density at radius 2 is 2.33 bits per heavy atom. The van der Waals surface area contributed by atoms with E-state index in [9.17, 15) is 9.90 Å². The second-order valence-corrected chi connectivity index (χ2v) is 5.15. The van der Waals surface area contributed by atoms with Crippen molar-refractivity contribution in [2.75, 3.05) is 4.90 Å². The van der Waals surface area contributed by atoms with Crippen LogP contribution in [-0.2, 0) is 4.79 Å². The highest BCUT2D eigenvalue weighted by Crippen LogP contribution is 2.38. The second-order valence-electron chi connectivity index (χ2n) is 4.28. The molecule has 82 valence electrons. The minimum Gasteiger partial charge on any atom is -0.480 e. The fraction of sp³-hybridized carbons (Fsp3) is 0.600. The van der Waals surface area contributed by atoms with E-state index in [1.807, 2.05) is 10.3 Å². The van der Waals surface area contributed by atoms with Gasteiger partial charge in [0.1, 0.15) is 5.54 Å². The van der Waals surface area contributed by atoms with Gasteiger partial charge in [0.25, 0.3) is 0 Å². The van der Waals surface area contributed by atoms with Crippen LogP contribution < -0.4 is 4.90 Å². The molecule has 1 saturated carbocycles. The van der Waals surface area contributed by atoms with E-state index in [0.29, 0.717) is 6.04 Å². The third kappa shape index (κ3) is 1.84. The van der Waals surface area contributed by atoms with Crippen LogP contribution in [0.25, 0.3) is 0 Å². The zero-order chi connectivity index (χ0) is 11.1. The Kier molecular flexibility index (Phi) is 2.42. The lowest BCUT2D eigenvalue weighted by molar-refractivity contribution is -0.142. The predicted molar refractivity (Wildman–Crippen MR) is 59.3 cm³/mol. The fourth-order valence-corrected chi connectivity index (χ4v) is 2.48. The average molecular weight is 226 g/mol. The Morgan fingerprint density at radius 3 is 2.73 bits per heavy atom. The highest BCUT2D eigenvalue weighted by Gasteiger charge is 2.44. The lowest BCUT2D eigenvalue weighted by Crippen LogP contribution is -2.51. The summed E-state index contributed by atoms with van der Waals surface area (Å²) >= 11 is 1.50. The molecular weight excluding hydrogens is 212 g/mol. The quantitative estimate of drug-likeness (QED) is 0.853. The molecule has 4 nitrogen and oxygen atoms in total. The van der Waals surface area contributed by atoms with Gasteiger partial charge in [0, 0.05) is 17.6 Å². The first-order valence-electron chi connectivity index (χ1n) is 4.95. The van der Waals surface area contributed by atoms with Crippen LogP contribution in [0.3, 0.4) is 0 Å². The van der Waals surface area contributed by atoms with Crippen LogP contribution in [0.2, 0.25) is 0 Å². The van der Waals surface area contributed by atoms with Crippen LogP contribution in [0.15, 0.2) is 11.6 Å². The predicted octanol–water partition coefficient (Wildman–Crippen LogP) is 1.98. The van der Waals surface area contributed by atoms with E-state index in [-0.39, 0.29) is 0 Å². The molecule has 0 spiro atoms. The molecule has 0 atom stereocenters. The zero-order valence-corrected chi connectivity index (χ0v) is 9.62. The highest BCUT2D eigenvalue weighted by atomic mass is 32.1. The topological polar surface area (TPSA) is 53.4 Å². The van der Waals surface area contributed by atoms with Gasteiger partial charge in [-0.2, -0.15) is 0 Å². The molecule has 1 aromatic rings. The molecule has 0 unspecified atom stereocenters. The summed E-state index contributed by atoms with van der Waals surface area (Å²) in [4.78, 5) is 17.4. The van der Waals surface area contributed by atoms with Gasteiger partial charge in [0.05, 0.1) is 0 Å². The fourth-order valence-electron chi connectivity index (χ4n) is 1.62. The monoisotopic (exact) mass is 226 g/mol. The summed E-state index contributed by atoms with van der Waals surface area (Å²) in [7, 11) is 0. The Hall–Kier alpha value is -1.10. The lowest BCUT2D eigenvalue weighted by Gasteiger charge is -2.35. The average Bonchev–Trinajstić information content (AvgIpc) is 2.80. The minimum absolute atomic E-state index is 0.349. The van der Waals surface area contributed by atoms with Gasteiger partial charge in [-0.15, -0.1) is 11.3 Å². The number of hydrogen-bond acceptors (Lipinski definition) is 4. The van der Waals surface area contributed by atoms with Crippen molar-refractivity contribution in [2.45, 2.75) is 38.3 Å². The largest absolute Gasteiger partial charge is 0.480 e. The molecule has 0 radical (unpaired) electrons. The smallest absolute Gasteiger partial charge is 0.329 e. The van der Waals surface area contributed by atoms with Crippen molar-refractivity contribution < 1.29 is 9.90 Å². The second kappa shape index (κ2) is 3.48. The SMILES string of the molecule is CC(C)(C(=O)O)N(c1nccs1)C1CC1. The van der Waals surface area contributed by atoms with Crippen LogP contribution in [0.4, 0.5) is 5.13 Å². The summed E-state index contributed by atoms with van der Waals surface area (Å²) in [5.41, 5.74) is -0.876. The third-order valence-electron chi connectivity index (χ3n) is 2.66. The summed E-state index contributed by atoms with van der Waals surface area (Å²) in [5.74, 6) is -0.801. The molecule has 1 aromatic heterocycles. The van der Waals surface area contributed by atoms with E-state index in [0.717, 1.165) is 18.0 Å². The van der Waals surface area contributed by atoms with E-state index < -0.39 is 11.5 Å². The summed E-state index contributed by atoms with van der Waals surface area (Å²) < 4.78 is 0. The van der Waals surface area contributed by atoms with E-state index >= 15 is 0 Å². The molecule has 0 aromatic carbocycles. The third-order valence-corrected chi connectivity index (χ3v) is 3.43. The van der Waals surface area contributed by atoms with Gasteiger partial charge in [0.2, 0.25) is 0 Å². The Labute approximate surface area is 92.6 Å². The highest BCUT2D eigenvalue weighted by molar-refractivity contribution is 7.13. The maximum Gasteiger partial charge on any atom is 0.329 e. The summed E-state index contributed by atoms with van der Waals surface area (Å²) in [6.07, 6.45) is 3.85. The first-order chi connectivity index (χ1) is 7.03. The number of aliphatic carboxylic acids is 1. The number of thiazole rings is 1. The number of carbonyl (C=O) groups is 1. The van der Waals surface area contributed by atoms with Gasteiger partial charge in [-0.25, -0.2) is 9.78 Å². The number of anilines is 1. The van der Waals surface area contributed by atoms with Crippen molar-refractivity contribution in [3.8, 4) is 0 Å². The molecule has 1 aliphatic rings. The van der Waals surface area contributed by atoms with Gasteiger partial charge < -0.3 is 10.0 Å². The molecule has 2 rings (SSSR count).